The third-order valence-corrected chi connectivity index (χ3v) is 4.07. The minimum absolute atomic E-state index is 0.318. The zero-order valence-electron chi connectivity index (χ0n) is 15.8. The standard InChI is InChI=1S/C19H38O5/c1-3-4-5-6-7-8-9-10-11-12-13-18(19(20)21)24-17-16-23-15-14-22-2/h18H,3-17H2,1-2H3,(H,20,21). The van der Waals surface area contributed by atoms with Crippen molar-refractivity contribution < 1.29 is 24.1 Å². The van der Waals surface area contributed by atoms with E-state index >= 15 is 0 Å². The van der Waals surface area contributed by atoms with Gasteiger partial charge in [-0.05, 0) is 6.42 Å². The molecule has 0 aromatic rings. The number of unbranched alkanes of at least 4 members (excludes halogenated alkanes) is 9. The van der Waals surface area contributed by atoms with Gasteiger partial charge in [-0.25, -0.2) is 4.79 Å². The summed E-state index contributed by atoms with van der Waals surface area (Å²) in [4.78, 5) is 11.2. The van der Waals surface area contributed by atoms with Crippen molar-refractivity contribution in [3.8, 4) is 0 Å². The van der Waals surface area contributed by atoms with E-state index in [4.69, 9.17) is 14.2 Å². The molecular formula is C19H38O5. The average Bonchev–Trinajstić information content (AvgIpc) is 2.57. The predicted octanol–water partition coefficient (Wildman–Crippen LogP) is 4.43. The first-order valence-electron chi connectivity index (χ1n) is 9.63. The third kappa shape index (κ3) is 16.2. The number of carboxylic acids is 1. The van der Waals surface area contributed by atoms with E-state index in [0.717, 1.165) is 12.8 Å². The van der Waals surface area contributed by atoms with Gasteiger partial charge in [0, 0.05) is 7.11 Å². The molecule has 0 aromatic carbocycles. The van der Waals surface area contributed by atoms with Crippen LogP contribution in [-0.4, -0.2) is 50.7 Å². The van der Waals surface area contributed by atoms with Crippen LogP contribution in [0.15, 0.2) is 0 Å². The maximum Gasteiger partial charge on any atom is 0.332 e. The minimum Gasteiger partial charge on any atom is -0.479 e. The van der Waals surface area contributed by atoms with Gasteiger partial charge in [-0.1, -0.05) is 71.1 Å². The summed E-state index contributed by atoms with van der Waals surface area (Å²) in [5.74, 6) is -0.872. The zero-order valence-corrected chi connectivity index (χ0v) is 15.8. The Morgan fingerprint density at radius 1 is 0.833 bits per heavy atom. The zero-order chi connectivity index (χ0) is 17.9. The van der Waals surface area contributed by atoms with Gasteiger partial charge in [0.25, 0.3) is 0 Å². The number of ether oxygens (including phenoxy) is 3. The average molecular weight is 347 g/mol. The monoisotopic (exact) mass is 346 g/mol. The quantitative estimate of drug-likeness (QED) is 0.351. The Balaban J connectivity index is 3.46. The van der Waals surface area contributed by atoms with E-state index < -0.39 is 12.1 Å². The van der Waals surface area contributed by atoms with Crippen LogP contribution in [0.1, 0.15) is 77.6 Å². The molecule has 1 atom stereocenters. The van der Waals surface area contributed by atoms with Crippen molar-refractivity contribution in [2.75, 3.05) is 33.5 Å². The summed E-state index contributed by atoms with van der Waals surface area (Å²) in [6.45, 7) is 4.02. The van der Waals surface area contributed by atoms with Gasteiger partial charge in [0.1, 0.15) is 0 Å². The fraction of sp³-hybridized carbons (Fsp3) is 0.947. The van der Waals surface area contributed by atoms with Crippen LogP contribution in [0.5, 0.6) is 0 Å². The second kappa shape index (κ2) is 18.7. The van der Waals surface area contributed by atoms with Crippen LogP contribution >= 0.6 is 0 Å². The summed E-state index contributed by atoms with van der Waals surface area (Å²) in [6.07, 6.45) is 12.4. The van der Waals surface area contributed by atoms with E-state index in [9.17, 15) is 9.90 Å². The Bertz CT molecular complexity index is 270. The van der Waals surface area contributed by atoms with Gasteiger partial charge >= 0.3 is 5.97 Å². The lowest BCUT2D eigenvalue weighted by Gasteiger charge is -2.13. The molecule has 0 saturated carbocycles. The second-order valence-corrected chi connectivity index (χ2v) is 6.27. The number of hydrogen-bond donors (Lipinski definition) is 1. The molecule has 0 spiro atoms. The number of methoxy groups -OCH3 is 1. The molecule has 0 bridgehead atoms. The van der Waals surface area contributed by atoms with E-state index in [1.54, 1.807) is 7.11 Å². The van der Waals surface area contributed by atoms with Crippen molar-refractivity contribution in [3.63, 3.8) is 0 Å². The first kappa shape index (κ1) is 23.4. The number of rotatable bonds is 19. The van der Waals surface area contributed by atoms with Gasteiger partial charge in [-0.2, -0.15) is 0 Å². The first-order chi connectivity index (χ1) is 11.7. The van der Waals surface area contributed by atoms with Crippen LogP contribution in [-0.2, 0) is 19.0 Å². The Kier molecular flexibility index (Phi) is 18.2. The molecule has 0 aliphatic heterocycles. The lowest BCUT2D eigenvalue weighted by atomic mass is 10.0. The highest BCUT2D eigenvalue weighted by Gasteiger charge is 2.17. The van der Waals surface area contributed by atoms with E-state index in [0.29, 0.717) is 32.8 Å². The van der Waals surface area contributed by atoms with Crippen molar-refractivity contribution in [3.05, 3.63) is 0 Å². The number of carbonyl (C=O) groups is 1. The molecular weight excluding hydrogens is 308 g/mol. The molecule has 0 heterocycles. The first-order valence-corrected chi connectivity index (χ1v) is 9.63. The van der Waals surface area contributed by atoms with E-state index in [1.165, 1.54) is 51.4 Å². The molecule has 5 heteroatoms. The van der Waals surface area contributed by atoms with Crippen LogP contribution in [0.4, 0.5) is 0 Å². The molecule has 24 heavy (non-hydrogen) atoms. The van der Waals surface area contributed by atoms with Gasteiger partial charge in [-0.15, -0.1) is 0 Å². The number of hydrogen-bond acceptors (Lipinski definition) is 4. The molecule has 0 rings (SSSR count). The van der Waals surface area contributed by atoms with Crippen LogP contribution in [0, 0.1) is 0 Å². The summed E-state index contributed by atoms with van der Waals surface area (Å²) < 4.78 is 15.5. The predicted molar refractivity (Wildman–Crippen MR) is 96.5 cm³/mol. The van der Waals surface area contributed by atoms with Crippen molar-refractivity contribution in [1.82, 2.24) is 0 Å². The summed E-state index contributed by atoms with van der Waals surface area (Å²) in [5.41, 5.74) is 0. The molecule has 0 amide bonds. The molecule has 0 aliphatic rings. The van der Waals surface area contributed by atoms with Crippen molar-refractivity contribution in [1.29, 1.82) is 0 Å². The Hall–Kier alpha value is -0.650. The van der Waals surface area contributed by atoms with Crippen molar-refractivity contribution in [2.45, 2.75) is 83.7 Å². The smallest absolute Gasteiger partial charge is 0.332 e. The highest BCUT2D eigenvalue weighted by atomic mass is 16.6. The van der Waals surface area contributed by atoms with Gasteiger partial charge in [-0.3, -0.25) is 0 Å². The lowest BCUT2D eigenvalue weighted by molar-refractivity contribution is -0.152. The minimum atomic E-state index is -0.872. The van der Waals surface area contributed by atoms with Crippen molar-refractivity contribution >= 4 is 5.97 Å². The molecule has 144 valence electrons. The largest absolute Gasteiger partial charge is 0.479 e. The Morgan fingerprint density at radius 3 is 1.92 bits per heavy atom. The normalized spacial score (nSPS) is 12.4. The molecule has 0 aliphatic carbocycles. The van der Waals surface area contributed by atoms with Gasteiger partial charge in [0.15, 0.2) is 6.10 Å². The maximum atomic E-state index is 11.2. The summed E-state index contributed by atoms with van der Waals surface area (Å²) >= 11 is 0. The Morgan fingerprint density at radius 2 is 1.38 bits per heavy atom. The van der Waals surface area contributed by atoms with E-state index in [2.05, 4.69) is 6.92 Å². The van der Waals surface area contributed by atoms with E-state index in [1.807, 2.05) is 0 Å². The molecule has 1 N–H and O–H groups in total. The summed E-state index contributed by atoms with van der Waals surface area (Å²) in [6, 6.07) is 0. The molecule has 5 nitrogen and oxygen atoms in total. The highest BCUT2D eigenvalue weighted by Crippen LogP contribution is 2.13. The number of aliphatic carboxylic acids is 1. The van der Waals surface area contributed by atoms with Gasteiger partial charge in [0.05, 0.1) is 26.4 Å². The van der Waals surface area contributed by atoms with Crippen LogP contribution in [0.2, 0.25) is 0 Å². The topological polar surface area (TPSA) is 65.0 Å². The molecule has 0 aromatic heterocycles. The van der Waals surface area contributed by atoms with Crippen molar-refractivity contribution in [2.24, 2.45) is 0 Å². The summed E-state index contributed by atoms with van der Waals surface area (Å²) in [7, 11) is 1.62. The fourth-order valence-electron chi connectivity index (χ4n) is 2.59. The lowest BCUT2D eigenvalue weighted by Crippen LogP contribution is -2.25. The molecule has 1 unspecified atom stereocenters. The third-order valence-electron chi connectivity index (χ3n) is 4.07. The SMILES string of the molecule is CCCCCCCCCCCCC(OCCOCCOC)C(=O)O. The van der Waals surface area contributed by atoms with E-state index in [-0.39, 0.29) is 0 Å². The van der Waals surface area contributed by atoms with Gasteiger partial charge < -0.3 is 19.3 Å². The molecule has 0 fully saturated rings. The summed E-state index contributed by atoms with van der Waals surface area (Å²) in [5, 5.41) is 9.17. The fourth-order valence-corrected chi connectivity index (χ4v) is 2.59. The van der Waals surface area contributed by atoms with Crippen LogP contribution in [0.3, 0.4) is 0 Å². The number of carboxylic acid groups (broad SMARTS) is 1. The van der Waals surface area contributed by atoms with Crippen LogP contribution < -0.4 is 0 Å². The molecule has 0 radical (unpaired) electrons. The molecule has 0 saturated heterocycles. The highest BCUT2D eigenvalue weighted by molar-refractivity contribution is 5.72. The Labute approximate surface area is 148 Å². The second-order valence-electron chi connectivity index (χ2n) is 6.27. The maximum absolute atomic E-state index is 11.2. The van der Waals surface area contributed by atoms with Gasteiger partial charge in [0.2, 0.25) is 0 Å². The van der Waals surface area contributed by atoms with Crippen LogP contribution in [0.25, 0.3) is 0 Å².